The smallest absolute Gasteiger partial charge is 0.261 e. The van der Waals surface area contributed by atoms with Gasteiger partial charge in [0.25, 0.3) is 10.0 Å². The van der Waals surface area contributed by atoms with Gasteiger partial charge in [-0.05, 0) is 68.4 Å². The van der Waals surface area contributed by atoms with Crippen LogP contribution in [0.1, 0.15) is 12.8 Å². The summed E-state index contributed by atoms with van der Waals surface area (Å²) >= 11 is 6.34. The van der Waals surface area contributed by atoms with Crippen molar-refractivity contribution in [1.29, 1.82) is 0 Å². The predicted octanol–water partition coefficient (Wildman–Crippen LogP) is 3.47. The van der Waals surface area contributed by atoms with Gasteiger partial charge in [-0.25, -0.2) is 12.8 Å². The monoisotopic (exact) mass is 397 g/mol. The minimum atomic E-state index is -3.80. The van der Waals surface area contributed by atoms with Crippen LogP contribution in [0.4, 0.5) is 15.8 Å². The molecule has 8 heteroatoms. The van der Waals surface area contributed by atoms with Gasteiger partial charge < -0.3 is 10.2 Å². The van der Waals surface area contributed by atoms with E-state index in [4.69, 9.17) is 11.6 Å². The molecule has 2 aromatic carbocycles. The van der Waals surface area contributed by atoms with E-state index in [1.807, 2.05) is 7.05 Å². The van der Waals surface area contributed by atoms with Crippen molar-refractivity contribution in [3.8, 4) is 0 Å². The zero-order valence-electron chi connectivity index (χ0n) is 14.4. The molecule has 26 heavy (non-hydrogen) atoms. The van der Waals surface area contributed by atoms with Crippen molar-refractivity contribution in [3.63, 3.8) is 0 Å². The topological polar surface area (TPSA) is 61.4 Å². The molecule has 1 aliphatic heterocycles. The minimum absolute atomic E-state index is 0.00195. The lowest BCUT2D eigenvalue weighted by molar-refractivity contribution is 0.443. The van der Waals surface area contributed by atoms with Crippen LogP contribution in [0.5, 0.6) is 0 Å². The van der Waals surface area contributed by atoms with Crippen LogP contribution in [0, 0.1) is 5.82 Å². The molecule has 3 rings (SSSR count). The molecule has 0 spiro atoms. The Morgan fingerprint density at radius 2 is 1.81 bits per heavy atom. The third-order valence-electron chi connectivity index (χ3n) is 4.56. The predicted molar refractivity (Wildman–Crippen MR) is 103 cm³/mol. The van der Waals surface area contributed by atoms with E-state index in [1.54, 1.807) is 18.2 Å². The molecule has 0 aliphatic carbocycles. The highest BCUT2D eigenvalue weighted by Gasteiger charge is 2.21. The number of hydrogen-bond donors (Lipinski definition) is 2. The molecule has 140 valence electrons. The Hall–Kier alpha value is -1.83. The molecule has 0 bridgehead atoms. The molecule has 0 aromatic heterocycles. The van der Waals surface area contributed by atoms with E-state index in [0.717, 1.165) is 43.8 Å². The van der Waals surface area contributed by atoms with Crippen LogP contribution in [-0.2, 0) is 10.0 Å². The number of halogens is 2. The van der Waals surface area contributed by atoms with Gasteiger partial charge in [-0.2, -0.15) is 0 Å². The normalized spacial score (nSPS) is 15.7. The average molecular weight is 398 g/mol. The number of rotatable bonds is 5. The largest absolute Gasteiger partial charge is 0.370 e. The summed E-state index contributed by atoms with van der Waals surface area (Å²) in [5, 5.41) is 3.89. The summed E-state index contributed by atoms with van der Waals surface area (Å²) in [4.78, 5) is 2.10. The van der Waals surface area contributed by atoms with Gasteiger partial charge >= 0.3 is 0 Å². The van der Waals surface area contributed by atoms with E-state index in [2.05, 4.69) is 14.9 Å². The van der Waals surface area contributed by atoms with Crippen molar-refractivity contribution in [2.24, 2.45) is 0 Å². The fraction of sp³-hybridized carbons (Fsp3) is 0.333. The van der Waals surface area contributed by atoms with E-state index in [-0.39, 0.29) is 4.90 Å². The van der Waals surface area contributed by atoms with Crippen molar-refractivity contribution < 1.29 is 12.8 Å². The summed E-state index contributed by atoms with van der Waals surface area (Å²) in [5.41, 5.74) is 1.19. The highest BCUT2D eigenvalue weighted by atomic mass is 35.5. The van der Waals surface area contributed by atoms with Crippen molar-refractivity contribution in [2.45, 2.75) is 23.8 Å². The molecule has 2 aromatic rings. The SMILES string of the molecule is CN(c1cc(NS(=O)(=O)c2ccc(F)cc2)ccc1Cl)C1CCNCC1. The average Bonchev–Trinajstić information content (AvgIpc) is 2.63. The molecule has 2 N–H and O–H groups in total. The first-order valence-corrected chi connectivity index (χ1v) is 10.2. The first-order chi connectivity index (χ1) is 12.4. The number of benzene rings is 2. The summed E-state index contributed by atoms with van der Waals surface area (Å²) in [6.45, 7) is 1.90. The first kappa shape index (κ1) is 18.9. The first-order valence-electron chi connectivity index (χ1n) is 8.38. The van der Waals surface area contributed by atoms with Crippen LogP contribution in [-0.4, -0.2) is 34.6 Å². The number of nitrogens with zero attached hydrogens (tertiary/aromatic N) is 1. The Balaban J connectivity index is 1.83. The van der Waals surface area contributed by atoms with Crippen LogP contribution in [0.2, 0.25) is 5.02 Å². The summed E-state index contributed by atoms with van der Waals surface area (Å²) in [6.07, 6.45) is 2.00. The zero-order chi connectivity index (χ0) is 18.7. The van der Waals surface area contributed by atoms with E-state index < -0.39 is 15.8 Å². The standard InChI is InChI=1S/C18H21ClFN3O2S/c1-23(15-8-10-21-11-9-15)18-12-14(4-7-17(18)19)22-26(24,25)16-5-2-13(20)3-6-16/h2-7,12,15,21-22H,8-11H2,1H3. The van der Waals surface area contributed by atoms with E-state index in [1.165, 1.54) is 12.1 Å². The van der Waals surface area contributed by atoms with Crippen molar-refractivity contribution in [3.05, 3.63) is 53.3 Å². The number of hydrogen-bond acceptors (Lipinski definition) is 4. The Kier molecular flexibility index (Phi) is 5.70. The molecule has 1 aliphatic rings. The van der Waals surface area contributed by atoms with Crippen LogP contribution in [0.3, 0.4) is 0 Å². The second-order valence-corrected chi connectivity index (χ2v) is 8.41. The maximum absolute atomic E-state index is 13.0. The minimum Gasteiger partial charge on any atom is -0.370 e. The van der Waals surface area contributed by atoms with E-state index >= 15 is 0 Å². The van der Waals surface area contributed by atoms with Crippen molar-refractivity contribution >= 4 is 33.0 Å². The van der Waals surface area contributed by atoms with Crippen LogP contribution in [0.15, 0.2) is 47.4 Å². The van der Waals surface area contributed by atoms with E-state index in [9.17, 15) is 12.8 Å². The second kappa shape index (κ2) is 7.82. The molecule has 0 amide bonds. The zero-order valence-corrected chi connectivity index (χ0v) is 15.9. The quantitative estimate of drug-likeness (QED) is 0.811. The fourth-order valence-corrected chi connectivity index (χ4v) is 4.37. The lowest BCUT2D eigenvalue weighted by Crippen LogP contribution is -2.41. The molecule has 1 fully saturated rings. The van der Waals surface area contributed by atoms with Crippen LogP contribution in [0.25, 0.3) is 0 Å². The Labute approximate surface area is 158 Å². The van der Waals surface area contributed by atoms with Gasteiger partial charge in [-0.15, -0.1) is 0 Å². The van der Waals surface area contributed by atoms with Gasteiger partial charge in [0, 0.05) is 13.1 Å². The molecule has 5 nitrogen and oxygen atoms in total. The summed E-state index contributed by atoms with van der Waals surface area (Å²) < 4.78 is 40.5. The third-order valence-corrected chi connectivity index (χ3v) is 6.28. The fourth-order valence-electron chi connectivity index (χ4n) is 3.06. The maximum Gasteiger partial charge on any atom is 0.261 e. The van der Waals surface area contributed by atoms with Gasteiger partial charge in [0.1, 0.15) is 5.82 Å². The maximum atomic E-state index is 13.0. The highest BCUT2D eigenvalue weighted by Crippen LogP contribution is 2.32. The molecule has 0 radical (unpaired) electrons. The van der Waals surface area contributed by atoms with Gasteiger partial charge in [0.05, 0.1) is 21.3 Å². The van der Waals surface area contributed by atoms with Crippen molar-refractivity contribution in [1.82, 2.24) is 5.32 Å². The molecule has 1 saturated heterocycles. The third kappa shape index (κ3) is 4.28. The van der Waals surface area contributed by atoms with Crippen molar-refractivity contribution in [2.75, 3.05) is 29.8 Å². The Morgan fingerprint density at radius 1 is 1.15 bits per heavy atom. The van der Waals surface area contributed by atoms with E-state index in [0.29, 0.717) is 16.8 Å². The summed E-state index contributed by atoms with van der Waals surface area (Å²) in [6, 6.07) is 10.1. The number of anilines is 2. The number of piperidine rings is 1. The Morgan fingerprint density at radius 3 is 2.46 bits per heavy atom. The number of sulfonamides is 1. The highest BCUT2D eigenvalue weighted by molar-refractivity contribution is 7.92. The Bertz CT molecular complexity index is 869. The molecule has 0 atom stereocenters. The molecular formula is C18H21ClFN3O2S. The molecular weight excluding hydrogens is 377 g/mol. The lowest BCUT2D eigenvalue weighted by atomic mass is 10.0. The lowest BCUT2D eigenvalue weighted by Gasteiger charge is -2.34. The number of nitrogens with one attached hydrogen (secondary N) is 2. The van der Waals surface area contributed by atoms with Crippen LogP contribution >= 0.6 is 11.6 Å². The van der Waals surface area contributed by atoms with Gasteiger partial charge in [-0.3, -0.25) is 4.72 Å². The van der Waals surface area contributed by atoms with Crippen LogP contribution < -0.4 is 14.9 Å². The molecule has 0 unspecified atom stereocenters. The van der Waals surface area contributed by atoms with Gasteiger partial charge in [0.2, 0.25) is 0 Å². The second-order valence-electron chi connectivity index (χ2n) is 6.32. The summed E-state index contributed by atoms with van der Waals surface area (Å²) in [7, 11) is -1.83. The van der Waals surface area contributed by atoms with Gasteiger partial charge in [0.15, 0.2) is 0 Å². The summed E-state index contributed by atoms with van der Waals surface area (Å²) in [5.74, 6) is -0.485. The molecule has 0 saturated carbocycles. The molecule has 1 heterocycles. The van der Waals surface area contributed by atoms with Gasteiger partial charge in [-0.1, -0.05) is 11.6 Å².